The van der Waals surface area contributed by atoms with Crippen LogP contribution >= 0.6 is 0 Å². The van der Waals surface area contributed by atoms with E-state index in [1.807, 2.05) is 46.1 Å². The van der Waals surface area contributed by atoms with Gasteiger partial charge in [-0.3, -0.25) is 9.78 Å². The third-order valence-corrected chi connectivity index (χ3v) is 7.95. The van der Waals surface area contributed by atoms with E-state index in [1.54, 1.807) is 36.1 Å². The number of carbonyl (C=O) groups excluding carboxylic acids is 1. The summed E-state index contributed by atoms with van der Waals surface area (Å²) in [5, 5.41) is 7.20. The molecule has 2 N–H and O–H groups in total. The predicted molar refractivity (Wildman–Crippen MR) is 148 cm³/mol. The molecule has 4 aromatic rings. The van der Waals surface area contributed by atoms with Crippen LogP contribution in [0.5, 0.6) is 0 Å². The van der Waals surface area contributed by atoms with Crippen LogP contribution in [-0.2, 0) is 20.1 Å². The van der Waals surface area contributed by atoms with Crippen molar-refractivity contribution in [2.24, 2.45) is 7.05 Å². The third kappa shape index (κ3) is 5.31. The molecule has 2 aliphatic rings. The Morgan fingerprint density at radius 2 is 2.08 bits per heavy atom. The zero-order valence-electron chi connectivity index (χ0n) is 22.0. The van der Waals surface area contributed by atoms with Crippen LogP contribution in [-0.4, -0.2) is 50.2 Å². The fourth-order valence-corrected chi connectivity index (χ4v) is 5.71. The van der Waals surface area contributed by atoms with E-state index in [1.165, 1.54) is 6.07 Å². The summed E-state index contributed by atoms with van der Waals surface area (Å²) >= 11 is 0. The number of pyridine rings is 2. The van der Waals surface area contributed by atoms with E-state index in [2.05, 4.69) is 15.6 Å². The van der Waals surface area contributed by atoms with Crippen LogP contribution in [0, 0.1) is 5.82 Å². The second kappa shape index (κ2) is 10.6. The molecule has 9 heteroatoms. The Morgan fingerprint density at radius 3 is 2.85 bits per heavy atom. The highest BCUT2D eigenvalue weighted by atomic mass is 19.1. The molecule has 0 radical (unpaired) electrons. The van der Waals surface area contributed by atoms with Crippen molar-refractivity contribution in [2.45, 2.75) is 50.4 Å². The smallest absolute Gasteiger partial charge is 0.318 e. The number of urea groups is 1. The number of hydrogen-bond donors (Lipinski definition) is 2. The molecule has 1 saturated heterocycles. The van der Waals surface area contributed by atoms with Gasteiger partial charge in [0.2, 0.25) is 0 Å². The molecule has 8 nitrogen and oxygen atoms in total. The second-order valence-electron chi connectivity index (χ2n) is 10.7. The Balaban J connectivity index is 1.26. The highest BCUT2D eigenvalue weighted by Gasteiger charge is 2.36. The molecule has 4 heterocycles. The first kappa shape index (κ1) is 25.3. The van der Waals surface area contributed by atoms with Gasteiger partial charge in [0.15, 0.2) is 0 Å². The maximum absolute atomic E-state index is 15.2. The average molecular weight is 529 g/mol. The molecule has 2 amide bonds. The van der Waals surface area contributed by atoms with Crippen molar-refractivity contribution in [1.82, 2.24) is 29.7 Å². The molecule has 1 aliphatic heterocycles. The number of hydrogen-bond acceptors (Lipinski definition) is 4. The molecule has 39 heavy (non-hydrogen) atoms. The molecule has 202 valence electrons. The number of halogens is 1. The average Bonchev–Trinajstić information content (AvgIpc) is 3.72. The normalized spacial score (nSPS) is 19.2. The molecule has 1 aromatic carbocycles. The number of fused-ring (bicyclic) bond motifs is 1. The number of carbonyl (C=O) groups is 1. The van der Waals surface area contributed by atoms with Crippen molar-refractivity contribution in [2.75, 3.05) is 13.1 Å². The first-order chi connectivity index (χ1) is 19.0. The molecule has 2 atom stereocenters. The number of nitrogens with one attached hydrogen (secondary N) is 2. The van der Waals surface area contributed by atoms with Crippen LogP contribution in [0.3, 0.4) is 0 Å². The van der Waals surface area contributed by atoms with E-state index in [0.29, 0.717) is 25.0 Å². The predicted octanol–water partition coefficient (Wildman–Crippen LogP) is 3.74. The van der Waals surface area contributed by atoms with Crippen molar-refractivity contribution in [3.63, 3.8) is 0 Å². The van der Waals surface area contributed by atoms with E-state index in [-0.39, 0.29) is 35.4 Å². The molecule has 3 aromatic heterocycles. The Labute approximate surface area is 226 Å². The number of aromatic nitrogens is 3. The number of rotatable bonds is 7. The molecular weight excluding hydrogens is 495 g/mol. The lowest BCUT2D eigenvalue weighted by molar-refractivity contribution is 0.183. The fraction of sp³-hybridized carbons (Fsp3) is 0.367. The summed E-state index contributed by atoms with van der Waals surface area (Å²) in [5.41, 5.74) is 3.50. The first-order valence-electron chi connectivity index (χ1n) is 13.6. The lowest BCUT2D eigenvalue weighted by atomic mass is 9.86. The minimum Gasteiger partial charge on any atom is -0.343 e. The Hall–Kier alpha value is -3.98. The second-order valence-corrected chi connectivity index (χ2v) is 10.7. The van der Waals surface area contributed by atoms with Crippen molar-refractivity contribution in [3.8, 4) is 0 Å². The molecular formula is C30H33FN6O2. The van der Waals surface area contributed by atoms with Gasteiger partial charge in [0.05, 0.1) is 5.52 Å². The van der Waals surface area contributed by atoms with Gasteiger partial charge in [-0.05, 0) is 61.2 Å². The van der Waals surface area contributed by atoms with Crippen LogP contribution in [0.15, 0.2) is 72.0 Å². The quantitative estimate of drug-likeness (QED) is 0.383. The largest absolute Gasteiger partial charge is 0.343 e. The van der Waals surface area contributed by atoms with Gasteiger partial charge in [-0.15, -0.1) is 0 Å². The maximum atomic E-state index is 15.2. The number of nitrogens with zero attached hydrogens (tertiary/aromatic N) is 4. The van der Waals surface area contributed by atoms with Gasteiger partial charge in [-0.2, -0.15) is 0 Å². The fourth-order valence-electron chi connectivity index (χ4n) is 5.71. The molecule has 0 spiro atoms. The van der Waals surface area contributed by atoms with Crippen LogP contribution < -0.4 is 16.2 Å². The van der Waals surface area contributed by atoms with Gasteiger partial charge in [-0.1, -0.05) is 12.1 Å². The first-order valence-corrected chi connectivity index (χ1v) is 13.6. The van der Waals surface area contributed by atoms with Gasteiger partial charge in [0.1, 0.15) is 5.82 Å². The van der Waals surface area contributed by atoms with E-state index < -0.39 is 0 Å². The summed E-state index contributed by atoms with van der Waals surface area (Å²) in [6, 6.07) is 12.5. The number of benzene rings is 1. The Morgan fingerprint density at radius 1 is 1.21 bits per heavy atom. The summed E-state index contributed by atoms with van der Waals surface area (Å²) < 4.78 is 18.7. The summed E-state index contributed by atoms with van der Waals surface area (Å²) in [5.74, 6) is -0.241. The summed E-state index contributed by atoms with van der Waals surface area (Å²) in [7, 11) is 1.73. The van der Waals surface area contributed by atoms with Crippen LogP contribution in [0.2, 0.25) is 0 Å². The highest BCUT2D eigenvalue weighted by molar-refractivity contribution is 5.85. The number of amides is 2. The van der Waals surface area contributed by atoms with Crippen molar-refractivity contribution in [1.29, 1.82) is 0 Å². The number of piperidine rings is 1. The topological polar surface area (TPSA) is 84.2 Å². The van der Waals surface area contributed by atoms with E-state index in [0.717, 1.165) is 48.0 Å². The minimum absolute atomic E-state index is 0.0454. The third-order valence-electron chi connectivity index (χ3n) is 7.95. The highest BCUT2D eigenvalue weighted by Crippen LogP contribution is 2.33. The van der Waals surface area contributed by atoms with Gasteiger partial charge in [-0.25, -0.2) is 9.18 Å². The Bertz CT molecular complexity index is 1540. The zero-order chi connectivity index (χ0) is 26.9. The molecule has 6 rings (SSSR count). The maximum Gasteiger partial charge on any atom is 0.318 e. The van der Waals surface area contributed by atoms with Crippen LogP contribution in [0.4, 0.5) is 9.18 Å². The van der Waals surface area contributed by atoms with Crippen molar-refractivity contribution in [3.05, 3.63) is 100 Å². The lowest BCUT2D eigenvalue weighted by Gasteiger charge is -2.35. The molecule has 2 fully saturated rings. The monoisotopic (exact) mass is 528 g/mol. The SMILES string of the molecule is Cn1ccc(C2CCNCC2NC(=O)N(Cc2cn(Cc3cccnc3)c3cccc(F)c23)C2CC2)cc1=O. The molecule has 2 unspecified atom stereocenters. The van der Waals surface area contributed by atoms with Crippen molar-refractivity contribution < 1.29 is 9.18 Å². The molecule has 0 bridgehead atoms. The van der Waals surface area contributed by atoms with Crippen molar-refractivity contribution >= 4 is 16.9 Å². The van der Waals surface area contributed by atoms with Crippen LogP contribution in [0.25, 0.3) is 10.9 Å². The summed E-state index contributed by atoms with van der Waals surface area (Å²) in [6.45, 7) is 2.34. The van der Waals surface area contributed by atoms with Gasteiger partial charge >= 0.3 is 6.03 Å². The van der Waals surface area contributed by atoms with Crippen LogP contribution in [0.1, 0.15) is 41.9 Å². The Kier molecular flexibility index (Phi) is 6.91. The van der Waals surface area contributed by atoms with Gasteiger partial charge in [0, 0.05) is 86.5 Å². The van der Waals surface area contributed by atoms with E-state index >= 15 is 4.39 Å². The van der Waals surface area contributed by atoms with E-state index in [4.69, 9.17) is 0 Å². The summed E-state index contributed by atoms with van der Waals surface area (Å²) in [6.07, 6.45) is 9.99. The summed E-state index contributed by atoms with van der Waals surface area (Å²) in [4.78, 5) is 32.1. The minimum atomic E-state index is -0.286. The standard InChI is InChI=1S/C30H33FN6O2/c1-35-13-10-21(14-28(35)38)24-9-12-33-16-26(24)34-30(39)37(23-7-8-23)19-22-18-36(17-20-4-3-11-32-15-20)27-6-2-5-25(31)29(22)27/h2-6,10-11,13-15,18,23-24,26,33H,7-9,12,16-17,19H2,1H3,(H,34,39). The number of aryl methyl sites for hydroxylation is 1. The molecule has 1 aliphatic carbocycles. The van der Waals surface area contributed by atoms with E-state index in [9.17, 15) is 9.59 Å². The molecule has 1 saturated carbocycles. The zero-order valence-corrected chi connectivity index (χ0v) is 22.0. The van der Waals surface area contributed by atoms with Gasteiger partial charge < -0.3 is 24.7 Å². The lowest BCUT2D eigenvalue weighted by Crippen LogP contribution is -2.53. The van der Waals surface area contributed by atoms with Gasteiger partial charge in [0.25, 0.3) is 5.56 Å².